The molecule has 122 valence electrons. The van der Waals surface area contributed by atoms with E-state index in [4.69, 9.17) is 4.74 Å². The molecule has 0 spiro atoms. The van der Waals surface area contributed by atoms with Crippen LogP contribution in [0.15, 0.2) is 24.3 Å². The largest absolute Gasteiger partial charge is 0.488 e. The third kappa shape index (κ3) is 3.63. The predicted octanol–water partition coefficient (Wildman–Crippen LogP) is 3.25. The summed E-state index contributed by atoms with van der Waals surface area (Å²) in [5.74, 6) is -2.47. The molecule has 1 saturated heterocycles. The Bertz CT molecular complexity index is 554. The molecule has 1 aliphatic rings. The van der Waals surface area contributed by atoms with Gasteiger partial charge in [-0.3, -0.25) is 4.79 Å². The van der Waals surface area contributed by atoms with Gasteiger partial charge < -0.3 is 9.64 Å². The molecule has 1 aliphatic heterocycles. The van der Waals surface area contributed by atoms with Crippen molar-refractivity contribution in [2.45, 2.75) is 24.9 Å². The lowest BCUT2D eigenvalue weighted by Gasteiger charge is -2.20. The molecule has 1 atom stereocenters. The maximum Gasteiger partial charge on any atom is 0.471 e. The number of alkyl halides is 6. The van der Waals surface area contributed by atoms with Crippen LogP contribution in [-0.2, 0) is 11.0 Å². The van der Waals surface area contributed by atoms with Crippen LogP contribution in [0.4, 0.5) is 26.3 Å². The van der Waals surface area contributed by atoms with Crippen molar-refractivity contribution in [3.05, 3.63) is 29.8 Å². The van der Waals surface area contributed by atoms with E-state index in [9.17, 15) is 31.1 Å². The first-order valence-electron chi connectivity index (χ1n) is 6.28. The van der Waals surface area contributed by atoms with Crippen LogP contribution in [0, 0.1) is 0 Å². The maximum absolute atomic E-state index is 12.8. The molecule has 3 nitrogen and oxygen atoms in total. The van der Waals surface area contributed by atoms with Gasteiger partial charge in [-0.1, -0.05) is 12.1 Å². The Labute approximate surface area is 121 Å². The Morgan fingerprint density at radius 1 is 1.14 bits per heavy atom. The van der Waals surface area contributed by atoms with Gasteiger partial charge in [-0.2, -0.15) is 26.3 Å². The smallest absolute Gasteiger partial charge is 0.471 e. The van der Waals surface area contributed by atoms with Crippen LogP contribution in [0.3, 0.4) is 0 Å². The molecule has 0 aliphatic carbocycles. The van der Waals surface area contributed by atoms with E-state index in [0.29, 0.717) is 4.90 Å². The highest BCUT2D eigenvalue weighted by molar-refractivity contribution is 5.82. The van der Waals surface area contributed by atoms with E-state index in [1.807, 2.05) is 0 Å². The predicted molar refractivity (Wildman–Crippen MR) is 63.1 cm³/mol. The van der Waals surface area contributed by atoms with Gasteiger partial charge >= 0.3 is 18.3 Å². The molecule has 1 amide bonds. The number of rotatable bonds is 2. The number of amides is 1. The van der Waals surface area contributed by atoms with Gasteiger partial charge in [-0.05, 0) is 12.1 Å². The van der Waals surface area contributed by atoms with E-state index in [1.54, 1.807) is 0 Å². The van der Waals surface area contributed by atoms with Crippen molar-refractivity contribution in [3.63, 3.8) is 0 Å². The molecule has 9 heteroatoms. The highest BCUT2D eigenvalue weighted by Crippen LogP contribution is 2.37. The first-order chi connectivity index (χ1) is 10.1. The number of hydrogen-bond acceptors (Lipinski definition) is 2. The molecule has 0 bridgehead atoms. The summed E-state index contributed by atoms with van der Waals surface area (Å²) in [4.78, 5) is 11.6. The Balaban J connectivity index is 2.07. The second-order valence-corrected chi connectivity index (χ2v) is 4.77. The highest BCUT2D eigenvalue weighted by atomic mass is 19.4. The molecule has 0 radical (unpaired) electrons. The molecule has 1 aromatic rings. The van der Waals surface area contributed by atoms with Crippen LogP contribution >= 0.6 is 0 Å². The Kier molecular flexibility index (Phi) is 4.25. The minimum atomic E-state index is -5.00. The van der Waals surface area contributed by atoms with Crippen molar-refractivity contribution < 1.29 is 35.9 Å². The average Bonchev–Trinajstić information content (AvgIpc) is 2.84. The summed E-state index contributed by atoms with van der Waals surface area (Å²) < 4.78 is 80.4. The fourth-order valence-corrected chi connectivity index (χ4v) is 2.17. The van der Waals surface area contributed by atoms with Crippen molar-refractivity contribution in [2.24, 2.45) is 0 Å². The number of para-hydroxylation sites is 1. The second-order valence-electron chi connectivity index (χ2n) is 4.77. The summed E-state index contributed by atoms with van der Waals surface area (Å²) in [5.41, 5.74) is -1.00. The van der Waals surface area contributed by atoms with Crippen LogP contribution in [0.25, 0.3) is 0 Å². The van der Waals surface area contributed by atoms with Gasteiger partial charge in [0.2, 0.25) is 0 Å². The van der Waals surface area contributed by atoms with E-state index >= 15 is 0 Å². The summed E-state index contributed by atoms with van der Waals surface area (Å²) in [6.07, 6.45) is -10.5. The van der Waals surface area contributed by atoms with Gasteiger partial charge in [-0.25, -0.2) is 0 Å². The van der Waals surface area contributed by atoms with Crippen molar-refractivity contribution in [1.29, 1.82) is 0 Å². The fraction of sp³-hybridized carbons (Fsp3) is 0.462. The molecule has 1 fully saturated rings. The molecule has 1 aromatic carbocycles. The zero-order chi connectivity index (χ0) is 16.5. The van der Waals surface area contributed by atoms with E-state index in [0.717, 1.165) is 12.1 Å². The quantitative estimate of drug-likeness (QED) is 0.781. The highest BCUT2D eigenvalue weighted by Gasteiger charge is 2.45. The molecule has 1 heterocycles. The monoisotopic (exact) mass is 327 g/mol. The van der Waals surface area contributed by atoms with Gasteiger partial charge in [-0.15, -0.1) is 0 Å². The zero-order valence-corrected chi connectivity index (χ0v) is 11.0. The zero-order valence-electron chi connectivity index (χ0n) is 11.0. The minimum Gasteiger partial charge on any atom is -0.488 e. The average molecular weight is 327 g/mol. The summed E-state index contributed by atoms with van der Waals surface area (Å²) in [6, 6.07) is 4.43. The molecular weight excluding hydrogens is 316 g/mol. The van der Waals surface area contributed by atoms with Gasteiger partial charge in [0.25, 0.3) is 0 Å². The third-order valence-electron chi connectivity index (χ3n) is 3.16. The number of benzene rings is 1. The lowest BCUT2D eigenvalue weighted by Crippen LogP contribution is -2.40. The van der Waals surface area contributed by atoms with Crippen LogP contribution in [0.1, 0.15) is 12.0 Å². The second kappa shape index (κ2) is 5.69. The van der Waals surface area contributed by atoms with Crippen LogP contribution < -0.4 is 4.74 Å². The normalized spacial score (nSPS) is 19.4. The minimum absolute atomic E-state index is 0.0357. The number of halogens is 6. The Morgan fingerprint density at radius 2 is 1.77 bits per heavy atom. The Morgan fingerprint density at radius 3 is 2.36 bits per heavy atom. The lowest BCUT2D eigenvalue weighted by atomic mass is 10.2. The lowest BCUT2D eigenvalue weighted by molar-refractivity contribution is -0.184. The van der Waals surface area contributed by atoms with E-state index < -0.39 is 42.2 Å². The van der Waals surface area contributed by atoms with Crippen molar-refractivity contribution >= 4 is 5.91 Å². The fourth-order valence-electron chi connectivity index (χ4n) is 2.17. The third-order valence-corrected chi connectivity index (χ3v) is 3.16. The number of ether oxygens (including phenoxy) is 1. The Hall–Kier alpha value is -1.93. The molecule has 0 saturated carbocycles. The van der Waals surface area contributed by atoms with Crippen molar-refractivity contribution in [2.75, 3.05) is 13.1 Å². The number of hydrogen-bond donors (Lipinski definition) is 0. The van der Waals surface area contributed by atoms with Crippen LogP contribution in [0.5, 0.6) is 5.75 Å². The first-order valence-corrected chi connectivity index (χ1v) is 6.28. The van der Waals surface area contributed by atoms with Crippen molar-refractivity contribution in [1.82, 2.24) is 4.90 Å². The van der Waals surface area contributed by atoms with Gasteiger partial charge in [0.1, 0.15) is 11.9 Å². The van der Waals surface area contributed by atoms with E-state index in [2.05, 4.69) is 0 Å². The van der Waals surface area contributed by atoms with Crippen molar-refractivity contribution in [3.8, 4) is 5.75 Å². The molecule has 0 aromatic heterocycles. The van der Waals surface area contributed by atoms with Crippen LogP contribution in [0.2, 0.25) is 0 Å². The summed E-state index contributed by atoms with van der Waals surface area (Å²) >= 11 is 0. The number of likely N-dealkylation sites (tertiary alicyclic amines) is 1. The molecule has 22 heavy (non-hydrogen) atoms. The van der Waals surface area contributed by atoms with Gasteiger partial charge in [0.15, 0.2) is 0 Å². The summed E-state index contributed by atoms with van der Waals surface area (Å²) in [7, 11) is 0. The standard InChI is InChI=1S/C13H11F6NO2/c14-12(15,16)9-3-1-2-4-10(9)22-8-5-6-20(7-8)11(21)13(17,18)19/h1-4,8H,5-7H2/t8-/m0/s1. The SMILES string of the molecule is O=C(N1CC[C@H](Oc2ccccc2C(F)(F)F)C1)C(F)(F)F. The number of carbonyl (C=O) groups is 1. The van der Waals surface area contributed by atoms with E-state index in [1.165, 1.54) is 12.1 Å². The summed E-state index contributed by atoms with van der Waals surface area (Å²) in [6.45, 7) is -0.609. The number of nitrogens with zero attached hydrogens (tertiary/aromatic N) is 1. The molecular formula is C13H11F6NO2. The molecule has 0 N–H and O–H groups in total. The van der Waals surface area contributed by atoms with E-state index in [-0.39, 0.29) is 13.0 Å². The van der Waals surface area contributed by atoms with Gasteiger partial charge in [0.05, 0.1) is 12.1 Å². The molecule has 0 unspecified atom stereocenters. The van der Waals surface area contributed by atoms with Crippen LogP contribution in [-0.4, -0.2) is 36.2 Å². The van der Waals surface area contributed by atoms with Gasteiger partial charge in [0, 0.05) is 13.0 Å². The first kappa shape index (κ1) is 16.4. The summed E-state index contributed by atoms with van der Waals surface area (Å²) in [5, 5.41) is 0. The molecule has 2 rings (SSSR count). The maximum atomic E-state index is 12.8. The number of carbonyl (C=O) groups excluding carboxylic acids is 1. The topological polar surface area (TPSA) is 29.5 Å².